The van der Waals surface area contributed by atoms with Gasteiger partial charge >= 0.3 is 17.9 Å². The Labute approximate surface area is 132 Å². The molecule has 1 aromatic rings. The SMILES string of the molecule is COC(=O)C=C(C)NC(C(=O)O)(C(=O)OC)c1ccc(O)cc1. The molecule has 0 aliphatic carbocycles. The van der Waals surface area contributed by atoms with E-state index in [1.54, 1.807) is 0 Å². The molecule has 0 radical (unpaired) electrons. The molecule has 0 aromatic heterocycles. The number of carboxylic acid groups (broad SMARTS) is 1. The molecule has 0 bridgehead atoms. The summed E-state index contributed by atoms with van der Waals surface area (Å²) in [6.07, 6.45) is 1.00. The fraction of sp³-hybridized carbons (Fsp3) is 0.267. The van der Waals surface area contributed by atoms with Gasteiger partial charge in [-0.05, 0) is 19.1 Å². The average molecular weight is 323 g/mol. The molecule has 0 aliphatic heterocycles. The van der Waals surface area contributed by atoms with Crippen molar-refractivity contribution in [2.24, 2.45) is 0 Å². The molecule has 0 saturated heterocycles. The molecular weight excluding hydrogens is 306 g/mol. The summed E-state index contributed by atoms with van der Waals surface area (Å²) < 4.78 is 9.06. The van der Waals surface area contributed by atoms with E-state index in [9.17, 15) is 24.6 Å². The summed E-state index contributed by atoms with van der Waals surface area (Å²) in [5.41, 5.74) is -2.18. The number of esters is 2. The second-order valence-corrected chi connectivity index (χ2v) is 4.57. The van der Waals surface area contributed by atoms with Crippen molar-refractivity contribution in [3.05, 3.63) is 41.6 Å². The van der Waals surface area contributed by atoms with Gasteiger partial charge in [-0.15, -0.1) is 0 Å². The number of methoxy groups -OCH3 is 2. The number of carboxylic acids is 1. The number of ether oxygens (including phenoxy) is 2. The minimum absolute atomic E-state index is 0.0206. The van der Waals surface area contributed by atoms with E-state index in [-0.39, 0.29) is 17.0 Å². The zero-order chi connectivity index (χ0) is 17.6. The number of benzene rings is 1. The fourth-order valence-corrected chi connectivity index (χ4v) is 1.94. The molecule has 8 nitrogen and oxygen atoms in total. The molecule has 124 valence electrons. The molecule has 0 fully saturated rings. The van der Waals surface area contributed by atoms with E-state index in [4.69, 9.17) is 0 Å². The minimum atomic E-state index is -2.28. The highest BCUT2D eigenvalue weighted by Gasteiger charge is 2.49. The second kappa shape index (κ2) is 7.30. The third-order valence-electron chi connectivity index (χ3n) is 3.03. The van der Waals surface area contributed by atoms with Gasteiger partial charge in [0, 0.05) is 17.3 Å². The quantitative estimate of drug-likeness (QED) is 0.393. The van der Waals surface area contributed by atoms with Gasteiger partial charge in [0.1, 0.15) is 5.75 Å². The Kier molecular flexibility index (Phi) is 5.72. The Balaban J connectivity index is 3.44. The second-order valence-electron chi connectivity index (χ2n) is 4.57. The number of carbonyl (C=O) groups is 3. The van der Waals surface area contributed by atoms with E-state index in [2.05, 4.69) is 14.8 Å². The number of allylic oxidation sites excluding steroid dienone is 1. The number of aliphatic carboxylic acids is 1. The van der Waals surface area contributed by atoms with Gasteiger partial charge in [-0.1, -0.05) is 12.1 Å². The van der Waals surface area contributed by atoms with Crippen LogP contribution in [0.1, 0.15) is 12.5 Å². The van der Waals surface area contributed by atoms with Gasteiger partial charge in [0.2, 0.25) is 0 Å². The Hall–Kier alpha value is -3.03. The first-order valence-corrected chi connectivity index (χ1v) is 6.43. The first-order chi connectivity index (χ1) is 10.8. The van der Waals surface area contributed by atoms with Gasteiger partial charge in [0.15, 0.2) is 0 Å². The van der Waals surface area contributed by atoms with Crippen molar-refractivity contribution >= 4 is 17.9 Å². The Morgan fingerprint density at radius 2 is 1.70 bits per heavy atom. The molecular formula is C15H17NO7. The molecule has 0 amide bonds. The van der Waals surface area contributed by atoms with Crippen molar-refractivity contribution in [2.45, 2.75) is 12.5 Å². The number of carbonyl (C=O) groups excluding carboxylic acids is 2. The lowest BCUT2D eigenvalue weighted by Crippen LogP contribution is -2.55. The van der Waals surface area contributed by atoms with E-state index in [1.807, 2.05) is 0 Å². The van der Waals surface area contributed by atoms with Gasteiger partial charge in [-0.2, -0.15) is 0 Å². The third-order valence-corrected chi connectivity index (χ3v) is 3.03. The van der Waals surface area contributed by atoms with E-state index >= 15 is 0 Å². The number of rotatable bonds is 6. The number of nitrogens with one attached hydrogen (secondary N) is 1. The lowest BCUT2D eigenvalue weighted by molar-refractivity contribution is -0.161. The Bertz CT molecular complexity index is 636. The summed E-state index contributed by atoms with van der Waals surface area (Å²) in [7, 11) is 2.21. The van der Waals surface area contributed by atoms with Crippen molar-refractivity contribution in [1.82, 2.24) is 5.32 Å². The average Bonchev–Trinajstić information content (AvgIpc) is 2.52. The van der Waals surface area contributed by atoms with Crippen molar-refractivity contribution in [3.8, 4) is 5.75 Å². The number of phenolic OH excluding ortho intramolecular Hbond substituents is 1. The molecule has 1 unspecified atom stereocenters. The van der Waals surface area contributed by atoms with E-state index in [1.165, 1.54) is 31.2 Å². The lowest BCUT2D eigenvalue weighted by atomic mass is 9.89. The molecule has 0 aliphatic rings. The highest BCUT2D eigenvalue weighted by Crippen LogP contribution is 2.26. The number of hydrogen-bond acceptors (Lipinski definition) is 7. The van der Waals surface area contributed by atoms with Crippen LogP contribution in [0, 0.1) is 0 Å². The smallest absolute Gasteiger partial charge is 0.348 e. The highest BCUT2D eigenvalue weighted by atomic mass is 16.5. The largest absolute Gasteiger partial charge is 0.508 e. The lowest BCUT2D eigenvalue weighted by Gasteiger charge is -2.29. The fourth-order valence-electron chi connectivity index (χ4n) is 1.94. The van der Waals surface area contributed by atoms with Crippen LogP contribution in [-0.4, -0.2) is 42.3 Å². The molecule has 0 spiro atoms. The minimum Gasteiger partial charge on any atom is -0.508 e. The highest BCUT2D eigenvalue weighted by molar-refractivity contribution is 6.05. The van der Waals surface area contributed by atoms with Crippen molar-refractivity contribution < 1.29 is 34.1 Å². The predicted octanol–water partition coefficient (Wildman–Crippen LogP) is 0.511. The number of phenols is 1. The van der Waals surface area contributed by atoms with Gasteiger partial charge in [-0.3, -0.25) is 0 Å². The van der Waals surface area contributed by atoms with Crippen molar-refractivity contribution in [2.75, 3.05) is 14.2 Å². The Morgan fingerprint density at radius 1 is 1.13 bits per heavy atom. The molecule has 8 heteroatoms. The van der Waals surface area contributed by atoms with E-state index in [0.717, 1.165) is 20.3 Å². The monoisotopic (exact) mass is 323 g/mol. The van der Waals surface area contributed by atoms with Gasteiger partial charge in [-0.25, -0.2) is 14.4 Å². The topological polar surface area (TPSA) is 122 Å². The van der Waals surface area contributed by atoms with Crippen LogP contribution in [0.25, 0.3) is 0 Å². The maximum absolute atomic E-state index is 12.2. The van der Waals surface area contributed by atoms with Gasteiger partial charge in [0.25, 0.3) is 5.54 Å². The number of aromatic hydroxyl groups is 1. The summed E-state index contributed by atoms with van der Waals surface area (Å²) in [4.78, 5) is 35.3. The van der Waals surface area contributed by atoms with Gasteiger partial charge in [0.05, 0.1) is 14.2 Å². The van der Waals surface area contributed by atoms with Crippen LogP contribution in [0.3, 0.4) is 0 Å². The summed E-state index contributed by atoms with van der Waals surface area (Å²) in [5.74, 6) is -3.44. The molecule has 0 saturated carbocycles. The maximum Gasteiger partial charge on any atom is 0.348 e. The molecule has 1 atom stereocenters. The first kappa shape index (κ1) is 18.0. The molecule has 0 heterocycles. The van der Waals surface area contributed by atoms with Crippen LogP contribution < -0.4 is 5.32 Å². The zero-order valence-electron chi connectivity index (χ0n) is 12.8. The van der Waals surface area contributed by atoms with Crippen LogP contribution in [-0.2, 0) is 29.4 Å². The van der Waals surface area contributed by atoms with Crippen LogP contribution in [0.5, 0.6) is 5.75 Å². The summed E-state index contributed by atoms with van der Waals surface area (Å²) in [5, 5.41) is 21.4. The van der Waals surface area contributed by atoms with Crippen LogP contribution in [0.4, 0.5) is 0 Å². The van der Waals surface area contributed by atoms with Crippen molar-refractivity contribution in [3.63, 3.8) is 0 Å². The standard InChI is InChI=1S/C15H17NO7/c1-9(8-12(18)22-2)16-15(13(19)20,14(21)23-3)10-4-6-11(17)7-5-10/h4-8,16-17H,1-3H3,(H,19,20). The summed E-state index contributed by atoms with van der Waals surface area (Å²) >= 11 is 0. The van der Waals surface area contributed by atoms with E-state index in [0.29, 0.717) is 0 Å². The molecule has 1 rings (SSSR count). The van der Waals surface area contributed by atoms with Crippen molar-refractivity contribution in [1.29, 1.82) is 0 Å². The summed E-state index contributed by atoms with van der Waals surface area (Å²) in [6.45, 7) is 1.40. The first-order valence-electron chi connectivity index (χ1n) is 6.43. The zero-order valence-corrected chi connectivity index (χ0v) is 12.8. The molecule has 3 N–H and O–H groups in total. The van der Waals surface area contributed by atoms with Crippen LogP contribution in [0.2, 0.25) is 0 Å². The van der Waals surface area contributed by atoms with E-state index < -0.39 is 23.4 Å². The van der Waals surface area contributed by atoms with Crippen LogP contribution in [0.15, 0.2) is 36.0 Å². The molecule has 1 aromatic carbocycles. The third kappa shape index (κ3) is 3.79. The Morgan fingerprint density at radius 3 is 2.13 bits per heavy atom. The number of hydrogen-bond donors (Lipinski definition) is 3. The predicted molar refractivity (Wildman–Crippen MR) is 78.3 cm³/mol. The van der Waals surface area contributed by atoms with Crippen LogP contribution >= 0.6 is 0 Å². The van der Waals surface area contributed by atoms with Gasteiger partial charge < -0.3 is 25.0 Å². The summed E-state index contributed by atoms with van der Waals surface area (Å²) in [6, 6.07) is 4.99. The normalized spacial score (nSPS) is 13.6. The molecule has 23 heavy (non-hydrogen) atoms. The maximum atomic E-state index is 12.2.